The summed E-state index contributed by atoms with van der Waals surface area (Å²) in [6.45, 7) is 11.2. The van der Waals surface area contributed by atoms with E-state index in [1.165, 1.54) is 31.1 Å². The third-order valence-electron chi connectivity index (χ3n) is 5.97. The zero-order valence-corrected chi connectivity index (χ0v) is 21.7. The Bertz CT molecular complexity index is 1030. The van der Waals surface area contributed by atoms with Gasteiger partial charge >= 0.3 is 0 Å². The minimum absolute atomic E-state index is 0.0536. The molecule has 0 aliphatic heterocycles. The van der Waals surface area contributed by atoms with Crippen molar-refractivity contribution >= 4 is 27.5 Å². The van der Waals surface area contributed by atoms with E-state index in [0.29, 0.717) is 0 Å². The van der Waals surface area contributed by atoms with Gasteiger partial charge in [-0.1, -0.05) is 77.8 Å². The number of carbonyl (C=O) groups excluding carboxylic acids is 1. The van der Waals surface area contributed by atoms with Crippen molar-refractivity contribution in [3.05, 3.63) is 72.3 Å². The van der Waals surface area contributed by atoms with E-state index in [1.54, 1.807) is 0 Å². The summed E-state index contributed by atoms with van der Waals surface area (Å²) < 4.78 is 6.09. The number of ketones is 1. The highest BCUT2D eigenvalue weighted by Gasteiger charge is 2.45. The molecule has 3 heteroatoms. The number of hydrogen-bond acceptors (Lipinski definition) is 2. The van der Waals surface area contributed by atoms with Gasteiger partial charge in [-0.15, -0.1) is 0 Å². The largest absolute Gasteiger partial charge is 0.457 e. The van der Waals surface area contributed by atoms with Crippen LogP contribution in [-0.2, 0) is 10.9 Å². The lowest BCUT2D eigenvalue weighted by atomic mass is 9.87. The van der Waals surface area contributed by atoms with E-state index < -0.39 is 0 Å². The Hall–Kier alpha value is -2.26. The zero-order chi connectivity index (χ0) is 23.8. The maximum absolute atomic E-state index is 13.7. The number of benzene rings is 3. The Morgan fingerprint density at radius 2 is 1.39 bits per heavy atom. The molecule has 0 aliphatic rings. The second-order valence-electron chi connectivity index (χ2n) is 9.90. The van der Waals surface area contributed by atoms with E-state index in [1.807, 2.05) is 42.5 Å². The molecule has 0 bridgehead atoms. The van der Waals surface area contributed by atoms with Gasteiger partial charge < -0.3 is 4.74 Å². The maximum Gasteiger partial charge on any atom is 0.215 e. The van der Waals surface area contributed by atoms with Crippen LogP contribution in [0, 0.1) is 5.41 Å². The molecule has 3 aromatic rings. The van der Waals surface area contributed by atoms with E-state index in [4.69, 9.17) is 4.74 Å². The first kappa shape index (κ1) is 25.4. The van der Waals surface area contributed by atoms with Crippen LogP contribution in [0.4, 0.5) is 0 Å². The third kappa shape index (κ3) is 6.86. The van der Waals surface area contributed by atoms with Crippen LogP contribution in [0.1, 0.15) is 70.7 Å². The van der Waals surface area contributed by atoms with Gasteiger partial charge in [0.2, 0.25) is 5.78 Å². The molecular formula is C30H39O2S+. The third-order valence-corrected chi connectivity index (χ3v) is 9.19. The van der Waals surface area contributed by atoms with E-state index in [-0.39, 0.29) is 27.3 Å². The molecule has 2 nitrogen and oxygen atoms in total. The lowest BCUT2D eigenvalue weighted by Gasteiger charge is -2.29. The monoisotopic (exact) mass is 463 g/mol. The number of Topliss-reactive ketones (excluding diaryl/α,β-unsaturated/α-hetero) is 1. The summed E-state index contributed by atoms with van der Waals surface area (Å²) in [5, 5.41) is 2.41. The molecule has 1 atom stereocenters. The molecule has 3 aromatic carbocycles. The summed E-state index contributed by atoms with van der Waals surface area (Å²) in [7, 11) is 0.107. The van der Waals surface area contributed by atoms with Gasteiger partial charge in [0.05, 0.1) is 0 Å². The van der Waals surface area contributed by atoms with Crippen LogP contribution in [0.2, 0.25) is 0 Å². The van der Waals surface area contributed by atoms with Gasteiger partial charge in [0, 0.05) is 11.0 Å². The normalized spacial score (nSPS) is 12.8. The van der Waals surface area contributed by atoms with E-state index in [2.05, 4.69) is 58.9 Å². The molecule has 33 heavy (non-hydrogen) atoms. The summed E-state index contributed by atoms with van der Waals surface area (Å²) >= 11 is 0. The Morgan fingerprint density at radius 1 is 0.818 bits per heavy atom. The smallest absolute Gasteiger partial charge is 0.215 e. The summed E-state index contributed by atoms with van der Waals surface area (Å²) in [5.74, 6) is 4.17. The molecule has 0 radical (unpaired) electrons. The fourth-order valence-electron chi connectivity index (χ4n) is 4.25. The molecule has 0 fully saturated rings. The SMILES string of the molecule is CCCC[S+](CCCC)C(C(=O)c1ccc(Oc2ccc3ccccc3c2)cc1)C(C)(C)C. The fourth-order valence-corrected chi connectivity index (χ4v) is 7.68. The Labute approximate surface area is 203 Å². The van der Waals surface area contributed by atoms with Crippen molar-refractivity contribution in [2.45, 2.75) is 65.6 Å². The standard InChI is InChI=1S/C30H39O2S/c1-6-8-20-33(21-9-7-2)29(30(3,4)5)28(31)24-15-17-26(18-16-24)32-27-19-14-23-12-10-11-13-25(23)22-27/h10-19,22,29H,6-9,20-21H2,1-5H3/q+1. The minimum atomic E-state index is -0.0536. The Morgan fingerprint density at radius 3 is 1.97 bits per heavy atom. The van der Waals surface area contributed by atoms with Gasteiger partial charge in [-0.25, -0.2) is 0 Å². The summed E-state index contributed by atoms with van der Waals surface area (Å²) in [6.07, 6.45) is 4.76. The van der Waals surface area contributed by atoms with E-state index in [9.17, 15) is 4.79 Å². The van der Waals surface area contributed by atoms with Crippen LogP contribution in [0.3, 0.4) is 0 Å². The van der Waals surface area contributed by atoms with Gasteiger partial charge in [-0.3, -0.25) is 4.79 Å². The van der Waals surface area contributed by atoms with Gasteiger partial charge in [-0.2, -0.15) is 0 Å². The molecule has 0 spiro atoms. The van der Waals surface area contributed by atoms with Crippen molar-refractivity contribution in [1.82, 2.24) is 0 Å². The van der Waals surface area contributed by atoms with E-state index >= 15 is 0 Å². The second-order valence-corrected chi connectivity index (χ2v) is 12.3. The summed E-state index contributed by atoms with van der Waals surface area (Å²) in [4.78, 5) is 13.7. The number of unbranched alkanes of at least 4 members (excludes halogenated alkanes) is 2. The number of rotatable bonds is 11. The van der Waals surface area contributed by atoms with Crippen molar-refractivity contribution in [2.75, 3.05) is 11.5 Å². The summed E-state index contributed by atoms with van der Waals surface area (Å²) in [5.41, 5.74) is 0.744. The van der Waals surface area contributed by atoms with Gasteiger partial charge in [0.25, 0.3) is 0 Å². The molecule has 0 heterocycles. The number of fused-ring (bicyclic) bond motifs is 1. The van der Waals surface area contributed by atoms with E-state index in [0.717, 1.165) is 34.0 Å². The van der Waals surface area contributed by atoms with Gasteiger partial charge in [0.1, 0.15) is 23.0 Å². The lowest BCUT2D eigenvalue weighted by Crippen LogP contribution is -2.44. The highest BCUT2D eigenvalue weighted by atomic mass is 32.2. The van der Waals surface area contributed by atoms with Gasteiger partial charge in [0.15, 0.2) is 5.25 Å². The van der Waals surface area contributed by atoms with Crippen LogP contribution in [0.25, 0.3) is 10.8 Å². The first-order valence-corrected chi connectivity index (χ1v) is 13.9. The van der Waals surface area contributed by atoms with Crippen LogP contribution >= 0.6 is 0 Å². The Kier molecular flexibility index (Phi) is 9.02. The first-order chi connectivity index (χ1) is 15.8. The zero-order valence-electron chi connectivity index (χ0n) is 20.9. The molecular weight excluding hydrogens is 424 g/mol. The quantitative estimate of drug-likeness (QED) is 0.211. The average Bonchev–Trinajstić information content (AvgIpc) is 2.80. The van der Waals surface area contributed by atoms with Crippen molar-refractivity contribution in [3.63, 3.8) is 0 Å². The van der Waals surface area contributed by atoms with Crippen molar-refractivity contribution in [1.29, 1.82) is 0 Å². The topological polar surface area (TPSA) is 26.3 Å². The number of hydrogen-bond donors (Lipinski definition) is 0. The van der Waals surface area contributed by atoms with Crippen molar-refractivity contribution < 1.29 is 9.53 Å². The minimum Gasteiger partial charge on any atom is -0.457 e. The molecule has 0 aromatic heterocycles. The fraction of sp³-hybridized carbons (Fsp3) is 0.433. The number of ether oxygens (including phenoxy) is 1. The second kappa shape index (κ2) is 11.7. The van der Waals surface area contributed by atoms with Crippen LogP contribution in [-0.4, -0.2) is 22.5 Å². The molecule has 0 amide bonds. The molecule has 0 saturated carbocycles. The molecule has 3 rings (SSSR count). The van der Waals surface area contributed by atoms with Crippen LogP contribution in [0.15, 0.2) is 66.7 Å². The molecule has 0 N–H and O–H groups in total. The predicted octanol–water partition coefficient (Wildman–Crippen LogP) is 8.45. The highest BCUT2D eigenvalue weighted by Crippen LogP contribution is 2.33. The highest BCUT2D eigenvalue weighted by molar-refractivity contribution is 7.98. The summed E-state index contributed by atoms with van der Waals surface area (Å²) in [6, 6.07) is 22.1. The maximum atomic E-state index is 13.7. The lowest BCUT2D eigenvalue weighted by molar-refractivity contribution is 0.0948. The molecule has 0 saturated heterocycles. The average molecular weight is 464 g/mol. The van der Waals surface area contributed by atoms with Crippen molar-refractivity contribution in [3.8, 4) is 11.5 Å². The molecule has 1 unspecified atom stereocenters. The van der Waals surface area contributed by atoms with Gasteiger partial charge in [-0.05, 0) is 70.9 Å². The molecule has 176 valence electrons. The van der Waals surface area contributed by atoms with Crippen LogP contribution in [0.5, 0.6) is 11.5 Å². The molecule has 0 aliphatic carbocycles. The first-order valence-electron chi connectivity index (χ1n) is 12.3. The Balaban J connectivity index is 1.78. The number of carbonyl (C=O) groups is 1. The van der Waals surface area contributed by atoms with Crippen LogP contribution < -0.4 is 4.74 Å². The predicted molar refractivity (Wildman–Crippen MR) is 145 cm³/mol. The van der Waals surface area contributed by atoms with Crippen molar-refractivity contribution in [2.24, 2.45) is 5.41 Å².